The number of amides is 1. The number of hydrazone groups is 1. The molecule has 0 aliphatic heterocycles. The fourth-order valence-corrected chi connectivity index (χ4v) is 1.62. The van der Waals surface area contributed by atoms with Crippen molar-refractivity contribution in [3.8, 4) is 0 Å². The molecule has 4 nitrogen and oxygen atoms in total. The summed E-state index contributed by atoms with van der Waals surface area (Å²) in [5, 5.41) is 4.08. The van der Waals surface area contributed by atoms with Gasteiger partial charge in [0.1, 0.15) is 0 Å². The van der Waals surface area contributed by atoms with E-state index in [9.17, 15) is 4.79 Å². The van der Waals surface area contributed by atoms with Crippen molar-refractivity contribution in [2.45, 2.75) is 6.92 Å². The van der Waals surface area contributed by atoms with Gasteiger partial charge in [-0.25, -0.2) is 5.43 Å². The summed E-state index contributed by atoms with van der Waals surface area (Å²) in [4.78, 5) is 11.9. The predicted octanol–water partition coefficient (Wildman–Crippen LogP) is 2.42. The number of hydrogen-bond donors (Lipinski definition) is 2. The molecular formula is C15H15N3O. The Morgan fingerprint density at radius 3 is 2.42 bits per heavy atom. The van der Waals surface area contributed by atoms with Gasteiger partial charge >= 0.3 is 0 Å². The van der Waals surface area contributed by atoms with E-state index in [1.807, 2.05) is 37.3 Å². The number of hydrogen-bond acceptors (Lipinski definition) is 3. The minimum atomic E-state index is -0.275. The smallest absolute Gasteiger partial charge is 0.271 e. The second-order valence-electron chi connectivity index (χ2n) is 4.13. The molecule has 0 radical (unpaired) electrons. The van der Waals surface area contributed by atoms with Crippen molar-refractivity contribution in [3.05, 3.63) is 65.7 Å². The lowest BCUT2D eigenvalue weighted by Crippen LogP contribution is -2.19. The van der Waals surface area contributed by atoms with Gasteiger partial charge in [0.05, 0.1) is 5.71 Å². The Morgan fingerprint density at radius 2 is 1.74 bits per heavy atom. The van der Waals surface area contributed by atoms with E-state index in [0.717, 1.165) is 11.3 Å². The quantitative estimate of drug-likeness (QED) is 0.501. The van der Waals surface area contributed by atoms with Crippen LogP contribution >= 0.6 is 0 Å². The lowest BCUT2D eigenvalue weighted by atomic mass is 10.1. The van der Waals surface area contributed by atoms with E-state index in [1.165, 1.54) is 0 Å². The number of carbonyl (C=O) groups is 1. The Bertz CT molecular complexity index is 606. The molecule has 0 spiro atoms. The highest BCUT2D eigenvalue weighted by molar-refractivity contribution is 6.01. The van der Waals surface area contributed by atoms with Gasteiger partial charge in [-0.15, -0.1) is 0 Å². The van der Waals surface area contributed by atoms with Crippen LogP contribution < -0.4 is 11.2 Å². The average molecular weight is 253 g/mol. The van der Waals surface area contributed by atoms with Crippen LogP contribution in [0.1, 0.15) is 22.8 Å². The molecule has 0 bridgehead atoms. The van der Waals surface area contributed by atoms with Gasteiger partial charge in [0.25, 0.3) is 5.91 Å². The van der Waals surface area contributed by atoms with Crippen molar-refractivity contribution in [2.24, 2.45) is 5.10 Å². The normalized spacial score (nSPS) is 11.1. The Balaban J connectivity index is 2.08. The van der Waals surface area contributed by atoms with Gasteiger partial charge in [0.2, 0.25) is 0 Å². The molecular weight excluding hydrogens is 238 g/mol. The summed E-state index contributed by atoms with van der Waals surface area (Å²) in [7, 11) is 0. The summed E-state index contributed by atoms with van der Waals surface area (Å²) in [6.07, 6.45) is 0. The minimum Gasteiger partial charge on any atom is -0.399 e. The highest BCUT2D eigenvalue weighted by atomic mass is 16.2. The number of nitrogens with zero attached hydrogens (tertiary/aromatic N) is 1. The molecule has 1 amide bonds. The van der Waals surface area contributed by atoms with Crippen molar-refractivity contribution >= 4 is 17.3 Å². The number of nitrogen functional groups attached to an aromatic ring is 1. The average Bonchev–Trinajstić information content (AvgIpc) is 2.45. The first-order valence-electron chi connectivity index (χ1n) is 5.92. The van der Waals surface area contributed by atoms with Crippen molar-refractivity contribution in [1.82, 2.24) is 5.43 Å². The zero-order valence-electron chi connectivity index (χ0n) is 10.6. The molecule has 96 valence electrons. The fraction of sp³-hybridized carbons (Fsp3) is 0.0667. The van der Waals surface area contributed by atoms with Crippen LogP contribution in [0.15, 0.2) is 59.7 Å². The molecule has 0 saturated carbocycles. The standard InChI is InChI=1S/C15H15N3O/c1-11(12-6-3-2-4-7-12)17-18-15(19)13-8-5-9-14(16)10-13/h2-10H,16H2,1H3,(H,18,19)/b17-11+. The van der Waals surface area contributed by atoms with Crippen LogP contribution in [0, 0.1) is 0 Å². The van der Waals surface area contributed by atoms with Crippen LogP contribution in [0.4, 0.5) is 5.69 Å². The first kappa shape index (κ1) is 12.8. The number of anilines is 1. The van der Waals surface area contributed by atoms with Gasteiger partial charge in [0, 0.05) is 11.3 Å². The van der Waals surface area contributed by atoms with E-state index in [1.54, 1.807) is 24.3 Å². The number of nitrogens with one attached hydrogen (secondary N) is 1. The molecule has 0 unspecified atom stereocenters. The van der Waals surface area contributed by atoms with Crippen molar-refractivity contribution < 1.29 is 4.79 Å². The molecule has 2 rings (SSSR count). The fourth-order valence-electron chi connectivity index (χ4n) is 1.62. The number of carbonyl (C=O) groups excluding carboxylic acids is 1. The summed E-state index contributed by atoms with van der Waals surface area (Å²) in [6.45, 7) is 1.84. The molecule has 4 heteroatoms. The number of benzene rings is 2. The van der Waals surface area contributed by atoms with Gasteiger partial charge in [-0.3, -0.25) is 4.79 Å². The zero-order valence-corrected chi connectivity index (χ0v) is 10.6. The molecule has 0 aromatic heterocycles. The first-order valence-corrected chi connectivity index (χ1v) is 5.92. The topological polar surface area (TPSA) is 67.5 Å². The maximum atomic E-state index is 11.9. The second-order valence-corrected chi connectivity index (χ2v) is 4.13. The molecule has 3 N–H and O–H groups in total. The molecule has 0 heterocycles. The zero-order chi connectivity index (χ0) is 13.7. The van der Waals surface area contributed by atoms with Gasteiger partial charge in [0.15, 0.2) is 0 Å². The number of nitrogens with two attached hydrogens (primary N) is 1. The third-order valence-corrected chi connectivity index (χ3v) is 2.67. The molecule has 0 atom stereocenters. The molecule has 0 aliphatic carbocycles. The molecule has 19 heavy (non-hydrogen) atoms. The Hall–Kier alpha value is -2.62. The maximum Gasteiger partial charge on any atom is 0.271 e. The van der Waals surface area contributed by atoms with Crippen LogP contribution in [0.5, 0.6) is 0 Å². The van der Waals surface area contributed by atoms with Crippen LogP contribution in [-0.4, -0.2) is 11.6 Å². The van der Waals surface area contributed by atoms with E-state index < -0.39 is 0 Å². The molecule has 2 aromatic rings. The number of rotatable bonds is 3. The SMILES string of the molecule is C/C(=N\NC(=O)c1cccc(N)c1)c1ccccc1. The van der Waals surface area contributed by atoms with E-state index in [4.69, 9.17) is 5.73 Å². The van der Waals surface area contributed by atoms with Crippen molar-refractivity contribution in [2.75, 3.05) is 5.73 Å². The van der Waals surface area contributed by atoms with Crippen molar-refractivity contribution in [1.29, 1.82) is 0 Å². The first-order chi connectivity index (χ1) is 9.16. The summed E-state index contributed by atoms with van der Waals surface area (Å²) in [5.74, 6) is -0.275. The van der Waals surface area contributed by atoms with Crippen LogP contribution in [-0.2, 0) is 0 Å². The van der Waals surface area contributed by atoms with Crippen LogP contribution in [0.25, 0.3) is 0 Å². The lowest BCUT2D eigenvalue weighted by molar-refractivity contribution is 0.0955. The second kappa shape index (κ2) is 5.82. The largest absolute Gasteiger partial charge is 0.399 e. The minimum absolute atomic E-state index is 0.275. The summed E-state index contributed by atoms with van der Waals surface area (Å²) in [5.41, 5.74) is 10.9. The van der Waals surface area contributed by atoms with E-state index in [2.05, 4.69) is 10.5 Å². The van der Waals surface area contributed by atoms with E-state index >= 15 is 0 Å². The van der Waals surface area contributed by atoms with E-state index in [-0.39, 0.29) is 5.91 Å². The highest BCUT2D eigenvalue weighted by Crippen LogP contribution is 2.06. The van der Waals surface area contributed by atoms with Crippen molar-refractivity contribution in [3.63, 3.8) is 0 Å². The van der Waals surface area contributed by atoms with Gasteiger partial charge in [-0.1, -0.05) is 36.4 Å². The Kier molecular flexibility index (Phi) is 3.93. The van der Waals surface area contributed by atoms with Gasteiger partial charge in [-0.2, -0.15) is 5.10 Å². The lowest BCUT2D eigenvalue weighted by Gasteiger charge is -2.03. The monoisotopic (exact) mass is 253 g/mol. The van der Waals surface area contributed by atoms with Crippen LogP contribution in [0.2, 0.25) is 0 Å². The molecule has 2 aromatic carbocycles. The summed E-state index contributed by atoms with van der Waals surface area (Å²) >= 11 is 0. The van der Waals surface area contributed by atoms with Gasteiger partial charge in [-0.05, 0) is 30.7 Å². The van der Waals surface area contributed by atoms with E-state index in [0.29, 0.717) is 11.3 Å². The Morgan fingerprint density at radius 1 is 1.05 bits per heavy atom. The highest BCUT2D eigenvalue weighted by Gasteiger charge is 2.04. The maximum absolute atomic E-state index is 11.9. The van der Waals surface area contributed by atoms with Gasteiger partial charge < -0.3 is 5.73 Å². The predicted molar refractivity (Wildman–Crippen MR) is 77.0 cm³/mol. The molecule has 0 saturated heterocycles. The third-order valence-electron chi connectivity index (χ3n) is 2.67. The molecule has 0 aliphatic rings. The summed E-state index contributed by atoms with van der Waals surface area (Å²) < 4.78 is 0. The summed E-state index contributed by atoms with van der Waals surface area (Å²) in [6, 6.07) is 16.4. The Labute approximate surface area is 112 Å². The van der Waals surface area contributed by atoms with Crippen LogP contribution in [0.3, 0.4) is 0 Å². The molecule has 0 fully saturated rings. The third kappa shape index (κ3) is 3.42.